The lowest BCUT2D eigenvalue weighted by Gasteiger charge is -2.31. The Morgan fingerprint density at radius 3 is 2.78 bits per heavy atom. The van der Waals surface area contributed by atoms with Crippen molar-refractivity contribution in [3.63, 3.8) is 0 Å². The van der Waals surface area contributed by atoms with Crippen LogP contribution < -0.4 is 10.1 Å². The van der Waals surface area contributed by atoms with E-state index in [4.69, 9.17) is 14.5 Å². The number of ether oxygens (including phenoxy) is 2. The third kappa shape index (κ3) is 7.37. The van der Waals surface area contributed by atoms with E-state index < -0.39 is 17.8 Å². The number of pyridine rings is 1. The molecule has 2 aromatic rings. The van der Waals surface area contributed by atoms with Crippen LogP contribution in [0.4, 0.5) is 10.2 Å². The van der Waals surface area contributed by atoms with Gasteiger partial charge in [-0.25, -0.2) is 9.37 Å². The van der Waals surface area contributed by atoms with Gasteiger partial charge >= 0.3 is 5.97 Å². The smallest absolute Gasteiger partial charge is 0.325 e. The van der Waals surface area contributed by atoms with E-state index in [1.807, 2.05) is 11.0 Å². The van der Waals surface area contributed by atoms with Crippen LogP contribution >= 0.6 is 0 Å². The van der Waals surface area contributed by atoms with E-state index in [1.165, 1.54) is 25.2 Å². The number of anilines is 1. The number of fused-ring (bicyclic) bond motifs is 1. The fraction of sp³-hybridized carbons (Fsp3) is 0.625. The van der Waals surface area contributed by atoms with Gasteiger partial charge in [-0.3, -0.25) is 9.69 Å². The highest BCUT2D eigenvalue weighted by molar-refractivity contribution is 5.77. The lowest BCUT2D eigenvalue weighted by molar-refractivity contribution is -0.143. The molecule has 2 fully saturated rings. The lowest BCUT2D eigenvalue weighted by atomic mass is 9.87. The molecule has 1 aromatic carbocycles. The number of carbonyl (C=O) groups is 1. The monoisotopic (exact) mass is 568 g/mol. The highest BCUT2D eigenvalue weighted by Crippen LogP contribution is 2.39. The van der Waals surface area contributed by atoms with Gasteiger partial charge in [0.15, 0.2) is 11.6 Å². The minimum Gasteiger partial charge on any atom is -0.493 e. The zero-order valence-electron chi connectivity index (χ0n) is 24.5. The Hall–Kier alpha value is -2.75. The Labute approximate surface area is 243 Å². The maximum atomic E-state index is 15.2. The van der Waals surface area contributed by atoms with E-state index in [0.29, 0.717) is 25.3 Å². The first-order valence-corrected chi connectivity index (χ1v) is 15.3. The molecule has 0 amide bonds. The summed E-state index contributed by atoms with van der Waals surface area (Å²) in [5.74, 6) is -0.179. The summed E-state index contributed by atoms with van der Waals surface area (Å²) in [6.45, 7) is 4.64. The van der Waals surface area contributed by atoms with Crippen molar-refractivity contribution in [3.8, 4) is 5.75 Å². The molecule has 0 bridgehead atoms. The second kappa shape index (κ2) is 13.9. The predicted molar refractivity (Wildman–Crippen MR) is 157 cm³/mol. The average Bonchev–Trinajstić information content (AvgIpc) is 3.43. The first kappa shape index (κ1) is 29.7. The van der Waals surface area contributed by atoms with Crippen molar-refractivity contribution in [2.75, 3.05) is 58.8 Å². The number of nitrogens with one attached hydrogen (secondary N) is 1. The Bertz CT molecular complexity index is 1190. The van der Waals surface area contributed by atoms with Gasteiger partial charge in [0.2, 0.25) is 0 Å². The SMILES string of the molecule is COc1c(F)cc(C2CCN(C)CC2)cc1[C@@H](C(=O)O)N1CC[C@@H](OCCCCCc2ccc3c(n2)NCCC3)C1. The van der Waals surface area contributed by atoms with Gasteiger partial charge in [-0.2, -0.15) is 0 Å². The molecule has 4 heterocycles. The molecular weight excluding hydrogens is 523 g/mol. The van der Waals surface area contributed by atoms with E-state index in [0.717, 1.165) is 88.1 Å². The van der Waals surface area contributed by atoms with Crippen molar-refractivity contribution in [3.05, 3.63) is 52.5 Å². The summed E-state index contributed by atoms with van der Waals surface area (Å²) < 4.78 is 26.8. The largest absolute Gasteiger partial charge is 0.493 e. The van der Waals surface area contributed by atoms with Gasteiger partial charge in [-0.1, -0.05) is 12.5 Å². The number of aryl methyl sites for hydroxylation is 2. The molecular formula is C32H45FN4O4. The van der Waals surface area contributed by atoms with Crippen LogP contribution in [-0.2, 0) is 22.4 Å². The van der Waals surface area contributed by atoms with E-state index >= 15 is 4.39 Å². The van der Waals surface area contributed by atoms with Crippen LogP contribution in [0.1, 0.15) is 79.3 Å². The molecule has 1 aromatic heterocycles. The maximum Gasteiger partial charge on any atom is 0.325 e. The lowest BCUT2D eigenvalue weighted by Crippen LogP contribution is -2.34. The predicted octanol–water partition coefficient (Wildman–Crippen LogP) is 5.03. The number of hydrogen-bond acceptors (Lipinski definition) is 7. The molecule has 0 saturated carbocycles. The normalized spacial score (nSPS) is 20.9. The number of piperidine rings is 1. The van der Waals surface area contributed by atoms with Crippen LogP contribution in [0.5, 0.6) is 5.75 Å². The molecule has 3 aliphatic heterocycles. The first-order chi connectivity index (χ1) is 19.9. The molecule has 8 nitrogen and oxygen atoms in total. The number of halogens is 1. The topological polar surface area (TPSA) is 87.2 Å². The van der Waals surface area contributed by atoms with Crippen molar-refractivity contribution >= 4 is 11.8 Å². The third-order valence-corrected chi connectivity index (χ3v) is 8.94. The quantitative estimate of drug-likeness (QED) is 0.345. The van der Waals surface area contributed by atoms with Crippen molar-refractivity contribution in [1.29, 1.82) is 0 Å². The standard InChI is InChI=1S/C32H45FN4O4/c1-36-15-11-22(12-16-36)24-19-27(30(40-2)28(33)20-24)29(32(38)39)37-17-13-26(21-37)41-18-5-3-4-8-25-10-9-23-7-6-14-34-31(23)35-25/h9-10,19-20,22,26,29H,3-8,11-18,21H2,1-2H3,(H,34,35)(H,38,39)/t26-,29+/m1/s1. The van der Waals surface area contributed by atoms with Gasteiger partial charge in [0.25, 0.3) is 0 Å². The highest BCUT2D eigenvalue weighted by Gasteiger charge is 2.37. The van der Waals surface area contributed by atoms with Crippen molar-refractivity contribution in [2.45, 2.75) is 75.9 Å². The van der Waals surface area contributed by atoms with E-state index in [9.17, 15) is 9.90 Å². The van der Waals surface area contributed by atoms with Gasteiger partial charge in [-0.05, 0) is 107 Å². The molecule has 2 N–H and O–H groups in total. The van der Waals surface area contributed by atoms with E-state index in [1.54, 1.807) is 0 Å². The van der Waals surface area contributed by atoms with Crippen molar-refractivity contribution in [2.24, 2.45) is 0 Å². The summed E-state index contributed by atoms with van der Waals surface area (Å²) in [4.78, 5) is 21.5. The van der Waals surface area contributed by atoms with Crippen molar-refractivity contribution in [1.82, 2.24) is 14.8 Å². The third-order valence-electron chi connectivity index (χ3n) is 8.94. The fourth-order valence-corrected chi connectivity index (χ4v) is 6.59. The molecule has 2 atom stereocenters. The summed E-state index contributed by atoms with van der Waals surface area (Å²) in [7, 11) is 3.50. The number of carboxylic acids is 1. The summed E-state index contributed by atoms with van der Waals surface area (Å²) in [5, 5.41) is 13.7. The number of unbranched alkanes of at least 4 members (excludes halogenated alkanes) is 2. The highest BCUT2D eigenvalue weighted by atomic mass is 19.1. The van der Waals surface area contributed by atoms with Crippen LogP contribution in [0.15, 0.2) is 24.3 Å². The van der Waals surface area contributed by atoms with Gasteiger partial charge in [-0.15, -0.1) is 0 Å². The number of benzene rings is 1. The molecule has 0 unspecified atom stereocenters. The minimum atomic E-state index is -0.991. The number of aliphatic carboxylic acids is 1. The number of carboxylic acid groups (broad SMARTS) is 1. The van der Waals surface area contributed by atoms with Crippen molar-refractivity contribution < 1.29 is 23.8 Å². The number of rotatable bonds is 12. The number of hydrogen-bond donors (Lipinski definition) is 2. The van der Waals surface area contributed by atoms with E-state index in [-0.39, 0.29) is 17.8 Å². The molecule has 0 radical (unpaired) electrons. The van der Waals surface area contributed by atoms with Crippen LogP contribution in [-0.4, -0.2) is 85.5 Å². The molecule has 9 heteroatoms. The van der Waals surface area contributed by atoms with Gasteiger partial charge < -0.3 is 24.8 Å². The second-order valence-electron chi connectivity index (χ2n) is 11.9. The Morgan fingerprint density at radius 1 is 1.17 bits per heavy atom. The maximum absolute atomic E-state index is 15.2. The van der Waals surface area contributed by atoms with Crippen LogP contribution in [0.3, 0.4) is 0 Å². The number of aromatic nitrogens is 1. The second-order valence-corrected chi connectivity index (χ2v) is 11.9. The number of likely N-dealkylation sites (tertiary alicyclic amines) is 2. The summed E-state index contributed by atoms with van der Waals surface area (Å²) >= 11 is 0. The zero-order chi connectivity index (χ0) is 28.8. The van der Waals surface area contributed by atoms with E-state index in [2.05, 4.69) is 29.4 Å². The zero-order valence-corrected chi connectivity index (χ0v) is 24.5. The van der Waals surface area contributed by atoms with Crippen LogP contribution in [0.25, 0.3) is 0 Å². The minimum absolute atomic E-state index is 0.0295. The molecule has 2 saturated heterocycles. The van der Waals surface area contributed by atoms with Crippen LogP contribution in [0.2, 0.25) is 0 Å². The molecule has 224 valence electrons. The number of nitrogens with zero attached hydrogens (tertiary/aromatic N) is 3. The van der Waals surface area contributed by atoms with Gasteiger partial charge in [0.05, 0.1) is 13.2 Å². The first-order valence-electron chi connectivity index (χ1n) is 15.3. The Kier molecular flexibility index (Phi) is 10.1. The summed E-state index contributed by atoms with van der Waals surface area (Å²) in [6.07, 6.45) is 8.90. The van der Waals surface area contributed by atoms with Gasteiger partial charge in [0.1, 0.15) is 11.9 Å². The molecule has 0 spiro atoms. The van der Waals surface area contributed by atoms with Gasteiger partial charge in [0, 0.05) is 37.5 Å². The molecule has 5 rings (SSSR count). The Morgan fingerprint density at radius 2 is 2.00 bits per heavy atom. The molecule has 0 aliphatic carbocycles. The summed E-state index contributed by atoms with van der Waals surface area (Å²) in [5.41, 5.74) is 3.72. The molecule has 41 heavy (non-hydrogen) atoms. The van der Waals surface area contributed by atoms with Crippen LogP contribution in [0, 0.1) is 5.82 Å². The average molecular weight is 569 g/mol. The number of methoxy groups -OCH3 is 1. The summed E-state index contributed by atoms with van der Waals surface area (Å²) in [6, 6.07) is 6.79. The fourth-order valence-electron chi connectivity index (χ4n) is 6.59. The molecule has 3 aliphatic rings. The Balaban J connectivity index is 1.13.